The fraction of sp³-hybridized carbons (Fsp3) is 0.968. The molecule has 11 atom stereocenters. The van der Waals surface area contributed by atoms with Crippen molar-refractivity contribution < 1.29 is 19.0 Å². The molecule has 4 unspecified atom stereocenters. The minimum Gasteiger partial charge on any atom is -0.360 e. The summed E-state index contributed by atoms with van der Waals surface area (Å²) in [6.07, 6.45) is 16.8. The first-order valence-corrected chi connectivity index (χ1v) is 15.4. The number of carbonyl (C=O) groups excluding carboxylic acids is 1. The van der Waals surface area contributed by atoms with Gasteiger partial charge in [0.2, 0.25) is 0 Å². The summed E-state index contributed by atoms with van der Waals surface area (Å²) in [4.78, 5) is 10.9. The Labute approximate surface area is 221 Å². The second-order valence-corrected chi connectivity index (χ2v) is 13.2. The van der Waals surface area contributed by atoms with Crippen LogP contribution in [0.15, 0.2) is 0 Å². The van der Waals surface area contributed by atoms with Gasteiger partial charge in [-0.25, -0.2) is 0 Å². The van der Waals surface area contributed by atoms with Gasteiger partial charge >= 0.3 is 6.47 Å². The maximum atomic E-state index is 9.85. The second-order valence-electron chi connectivity index (χ2n) is 13.2. The zero-order valence-corrected chi connectivity index (χ0v) is 24.4. The molecule has 0 aromatic rings. The Bertz CT molecular complexity index is 691. The molecular weight excluding hydrogens is 453 g/mol. The minimum atomic E-state index is -0.292. The fourth-order valence-corrected chi connectivity index (χ4v) is 10.0. The minimum absolute atomic E-state index is 0.292. The van der Waals surface area contributed by atoms with Gasteiger partial charge in [-0.15, -0.1) is 0 Å². The Hall–Kier alpha value is -0.680. The van der Waals surface area contributed by atoms with Crippen molar-refractivity contribution in [1.82, 2.24) is 5.32 Å². The van der Waals surface area contributed by atoms with E-state index in [0.717, 1.165) is 42.1 Å². The van der Waals surface area contributed by atoms with E-state index in [1.807, 2.05) is 13.8 Å². The van der Waals surface area contributed by atoms with Gasteiger partial charge < -0.3 is 4.74 Å². The van der Waals surface area contributed by atoms with E-state index in [2.05, 4.69) is 44.9 Å². The predicted octanol–water partition coefficient (Wildman–Crippen LogP) is 8.10. The third kappa shape index (κ3) is 5.53. The van der Waals surface area contributed by atoms with Crippen LogP contribution in [0.4, 0.5) is 4.53 Å². The predicted molar refractivity (Wildman–Crippen MR) is 145 cm³/mol. The van der Waals surface area contributed by atoms with Crippen molar-refractivity contribution in [3.8, 4) is 0 Å². The molecule has 1 heterocycles. The Balaban J connectivity index is 0.000000550. The molecule has 0 radical (unpaired) electrons. The van der Waals surface area contributed by atoms with Crippen LogP contribution in [0.2, 0.25) is 0 Å². The summed E-state index contributed by atoms with van der Waals surface area (Å²) >= 11 is 0. The summed E-state index contributed by atoms with van der Waals surface area (Å²) < 4.78 is 16.6. The normalized spacial score (nSPS) is 45.3. The van der Waals surface area contributed by atoms with Crippen LogP contribution in [-0.2, 0) is 14.5 Å². The van der Waals surface area contributed by atoms with Gasteiger partial charge in [-0.05, 0) is 97.7 Å². The Kier molecular flexibility index (Phi) is 10.7. The highest BCUT2D eigenvalue weighted by Gasteiger charge is 2.65. The first kappa shape index (κ1) is 29.9. The number of halogens is 1. The molecule has 1 saturated heterocycles. The van der Waals surface area contributed by atoms with E-state index in [1.165, 1.54) is 70.6 Å². The molecule has 5 fully saturated rings. The maximum absolute atomic E-state index is 9.85. The third-order valence-electron chi connectivity index (χ3n) is 11.5. The van der Waals surface area contributed by atoms with Crippen molar-refractivity contribution in [3.05, 3.63) is 0 Å². The molecule has 1 aliphatic heterocycles. The van der Waals surface area contributed by atoms with Crippen molar-refractivity contribution in [2.75, 3.05) is 6.54 Å². The SMILES string of the molecule is CC.CCC[C@H](C)CN[C@H]1O[C@H]2CC3[C@@H]4CCC5CCCC[C@]5(C)C4CC[C@]3(C)C2[C@@H]1C.O=COF. The first-order chi connectivity index (χ1) is 17.3. The molecule has 5 rings (SSSR count). The van der Waals surface area contributed by atoms with Gasteiger partial charge in [-0.2, -0.15) is 0 Å². The molecule has 0 aromatic heterocycles. The van der Waals surface area contributed by atoms with Crippen LogP contribution in [0.5, 0.6) is 0 Å². The number of hydrogen-bond donors (Lipinski definition) is 1. The Morgan fingerprint density at radius 3 is 2.47 bits per heavy atom. The third-order valence-corrected chi connectivity index (χ3v) is 11.5. The highest BCUT2D eigenvalue weighted by atomic mass is 19.3. The smallest absolute Gasteiger partial charge is 0.337 e. The van der Waals surface area contributed by atoms with Crippen molar-refractivity contribution in [2.24, 2.45) is 52.3 Å². The monoisotopic (exact) mass is 509 g/mol. The number of rotatable bonds is 6. The number of nitrogens with one attached hydrogen (secondary N) is 1. The molecule has 4 nitrogen and oxygen atoms in total. The lowest BCUT2D eigenvalue weighted by Gasteiger charge is -2.60. The fourth-order valence-electron chi connectivity index (χ4n) is 10.0. The molecule has 36 heavy (non-hydrogen) atoms. The molecule has 0 amide bonds. The van der Waals surface area contributed by atoms with Crippen LogP contribution in [0.3, 0.4) is 0 Å². The molecule has 0 spiro atoms. The molecule has 1 N–H and O–H groups in total. The maximum Gasteiger partial charge on any atom is 0.337 e. The molecular formula is C31H56FNO3. The second kappa shape index (κ2) is 12.9. The van der Waals surface area contributed by atoms with Gasteiger partial charge in [-0.1, -0.05) is 67.7 Å². The van der Waals surface area contributed by atoms with E-state index in [0.29, 0.717) is 29.1 Å². The standard InChI is InChI=1S/C28H49NO.C2H6.CHFO2/c1-6-9-18(2)17-29-26-19(3)25-24(30-26)16-23-21-12-11-20-10-7-8-14-27(20,4)22(21)13-15-28(23,25)5;1-2;2-4-1-3/h18-26,29H,6-17H2,1-5H3;1-2H3;1H/t18-,19-,20?,21+,22?,23?,24-,25?,26-,27-,28-;;/m0../s1. The van der Waals surface area contributed by atoms with E-state index >= 15 is 0 Å². The quantitative estimate of drug-likeness (QED) is 0.367. The molecule has 5 heteroatoms. The number of hydrogen-bond acceptors (Lipinski definition) is 4. The lowest BCUT2D eigenvalue weighted by atomic mass is 9.44. The lowest BCUT2D eigenvalue weighted by molar-refractivity contribution is -0.165. The Morgan fingerprint density at radius 2 is 1.81 bits per heavy atom. The molecule has 0 aromatic carbocycles. The first-order valence-electron chi connectivity index (χ1n) is 15.4. The summed E-state index contributed by atoms with van der Waals surface area (Å²) in [6.45, 7) is 17.4. The number of ether oxygens (including phenoxy) is 1. The summed E-state index contributed by atoms with van der Waals surface area (Å²) in [5.41, 5.74) is 1.18. The van der Waals surface area contributed by atoms with E-state index < -0.39 is 0 Å². The van der Waals surface area contributed by atoms with Crippen molar-refractivity contribution >= 4 is 6.47 Å². The van der Waals surface area contributed by atoms with Crippen LogP contribution in [0, 0.1) is 52.3 Å². The van der Waals surface area contributed by atoms with Crippen LogP contribution in [0.25, 0.3) is 0 Å². The van der Waals surface area contributed by atoms with Gasteiger partial charge in [0, 0.05) is 17.0 Å². The molecule has 5 aliphatic rings. The molecule has 0 bridgehead atoms. The van der Waals surface area contributed by atoms with Gasteiger partial charge in [0.25, 0.3) is 0 Å². The van der Waals surface area contributed by atoms with E-state index in [1.54, 1.807) is 0 Å². The van der Waals surface area contributed by atoms with Crippen LogP contribution in [0.1, 0.15) is 119 Å². The van der Waals surface area contributed by atoms with Crippen molar-refractivity contribution in [3.63, 3.8) is 0 Å². The summed E-state index contributed by atoms with van der Waals surface area (Å²) in [5.74, 6) is 6.15. The number of carbonyl (C=O) groups is 1. The average Bonchev–Trinajstić information content (AvgIpc) is 3.37. The molecule has 4 saturated carbocycles. The van der Waals surface area contributed by atoms with Gasteiger partial charge in [0.15, 0.2) is 0 Å². The largest absolute Gasteiger partial charge is 0.360 e. The highest BCUT2D eigenvalue weighted by molar-refractivity contribution is 5.35. The summed E-state index contributed by atoms with van der Waals surface area (Å²) in [5, 5.41) is 3.83. The zero-order chi connectivity index (χ0) is 26.5. The topological polar surface area (TPSA) is 47.6 Å². The average molecular weight is 510 g/mol. The van der Waals surface area contributed by atoms with E-state index in [-0.39, 0.29) is 6.47 Å². The van der Waals surface area contributed by atoms with Crippen molar-refractivity contribution in [2.45, 2.75) is 131 Å². The molecule has 210 valence electrons. The van der Waals surface area contributed by atoms with Crippen LogP contribution in [-0.4, -0.2) is 25.3 Å². The zero-order valence-electron chi connectivity index (χ0n) is 24.4. The summed E-state index contributed by atoms with van der Waals surface area (Å²) in [6, 6.07) is 0. The Morgan fingerprint density at radius 1 is 1.08 bits per heavy atom. The van der Waals surface area contributed by atoms with Crippen molar-refractivity contribution in [1.29, 1.82) is 0 Å². The van der Waals surface area contributed by atoms with Gasteiger partial charge in [-0.3, -0.25) is 15.1 Å². The van der Waals surface area contributed by atoms with E-state index in [4.69, 9.17) is 9.53 Å². The van der Waals surface area contributed by atoms with Gasteiger partial charge in [0.1, 0.15) is 6.23 Å². The highest BCUT2D eigenvalue weighted by Crippen LogP contribution is 2.69. The van der Waals surface area contributed by atoms with Gasteiger partial charge in [0.05, 0.1) is 6.10 Å². The molecule has 4 aliphatic carbocycles. The summed E-state index contributed by atoms with van der Waals surface area (Å²) in [7, 11) is 0. The lowest BCUT2D eigenvalue weighted by Crippen LogP contribution is -2.53. The van der Waals surface area contributed by atoms with Crippen LogP contribution >= 0.6 is 0 Å². The van der Waals surface area contributed by atoms with Crippen LogP contribution < -0.4 is 5.32 Å². The van der Waals surface area contributed by atoms with E-state index in [9.17, 15) is 4.53 Å². The number of fused-ring (bicyclic) bond motifs is 7.